The fraction of sp³-hybridized carbons (Fsp3) is 0.400. The number of hydrogen-bond acceptors (Lipinski definition) is 4. The van der Waals surface area contributed by atoms with Crippen molar-refractivity contribution in [3.8, 4) is 5.75 Å². The molecule has 104 valence electrons. The van der Waals surface area contributed by atoms with Gasteiger partial charge in [0.1, 0.15) is 24.5 Å². The summed E-state index contributed by atoms with van der Waals surface area (Å²) >= 11 is 0. The van der Waals surface area contributed by atoms with Gasteiger partial charge >= 0.3 is 0 Å². The molecule has 1 unspecified atom stereocenters. The van der Waals surface area contributed by atoms with E-state index in [0.717, 1.165) is 17.1 Å². The standard InChI is InChI=1S/C15H17N3O2/c1-10(2)18-15(16-9-17-18)7-13(19)12-8-20-14-6-4-3-5-11(12)14/h3-6,9-10,12H,7-8H2,1-2H3. The Morgan fingerprint density at radius 3 is 3.05 bits per heavy atom. The number of ketones is 1. The zero-order valence-electron chi connectivity index (χ0n) is 11.6. The van der Waals surface area contributed by atoms with Crippen molar-refractivity contribution in [2.24, 2.45) is 0 Å². The minimum atomic E-state index is -0.191. The van der Waals surface area contributed by atoms with E-state index in [0.29, 0.717) is 13.0 Å². The van der Waals surface area contributed by atoms with Gasteiger partial charge in [-0.15, -0.1) is 0 Å². The van der Waals surface area contributed by atoms with Gasteiger partial charge in [-0.1, -0.05) is 18.2 Å². The first-order valence-corrected chi connectivity index (χ1v) is 6.79. The Kier molecular flexibility index (Phi) is 3.26. The molecule has 0 amide bonds. The molecule has 20 heavy (non-hydrogen) atoms. The maximum atomic E-state index is 12.5. The van der Waals surface area contributed by atoms with Crippen LogP contribution in [0.1, 0.15) is 37.2 Å². The molecular formula is C15H17N3O2. The summed E-state index contributed by atoms with van der Waals surface area (Å²) in [4.78, 5) is 16.7. The third-order valence-electron chi connectivity index (χ3n) is 3.56. The highest BCUT2D eigenvalue weighted by Gasteiger charge is 2.30. The van der Waals surface area contributed by atoms with Crippen molar-refractivity contribution in [2.75, 3.05) is 6.61 Å². The summed E-state index contributed by atoms with van der Waals surface area (Å²) in [6.07, 6.45) is 1.79. The summed E-state index contributed by atoms with van der Waals surface area (Å²) in [5, 5.41) is 4.16. The summed E-state index contributed by atoms with van der Waals surface area (Å²) in [5.74, 6) is 1.47. The normalized spacial score (nSPS) is 17.1. The van der Waals surface area contributed by atoms with Gasteiger partial charge in [0.25, 0.3) is 0 Å². The number of nitrogens with zero attached hydrogens (tertiary/aromatic N) is 3. The van der Waals surface area contributed by atoms with Crippen LogP contribution in [-0.4, -0.2) is 27.2 Å². The Bertz CT molecular complexity index is 634. The lowest BCUT2D eigenvalue weighted by Gasteiger charge is -2.11. The summed E-state index contributed by atoms with van der Waals surface area (Å²) in [6, 6.07) is 7.91. The van der Waals surface area contributed by atoms with Crippen LogP contribution in [-0.2, 0) is 11.2 Å². The molecule has 0 saturated heterocycles. The van der Waals surface area contributed by atoms with Crippen molar-refractivity contribution in [3.05, 3.63) is 42.0 Å². The molecule has 0 fully saturated rings. The van der Waals surface area contributed by atoms with Crippen LogP contribution in [0.2, 0.25) is 0 Å². The summed E-state index contributed by atoms with van der Waals surface area (Å²) in [5.41, 5.74) is 0.980. The molecule has 1 aliphatic rings. The number of carbonyl (C=O) groups is 1. The Balaban J connectivity index is 1.80. The molecule has 5 nitrogen and oxygen atoms in total. The molecule has 2 heterocycles. The Labute approximate surface area is 117 Å². The second-order valence-corrected chi connectivity index (χ2v) is 5.26. The third kappa shape index (κ3) is 2.19. The lowest BCUT2D eigenvalue weighted by atomic mass is 9.95. The highest BCUT2D eigenvalue weighted by atomic mass is 16.5. The zero-order valence-corrected chi connectivity index (χ0v) is 11.6. The van der Waals surface area contributed by atoms with Crippen molar-refractivity contribution in [2.45, 2.75) is 32.2 Å². The van der Waals surface area contributed by atoms with Gasteiger partial charge in [-0.25, -0.2) is 9.67 Å². The monoisotopic (exact) mass is 271 g/mol. The van der Waals surface area contributed by atoms with E-state index in [1.165, 1.54) is 6.33 Å². The topological polar surface area (TPSA) is 57.0 Å². The van der Waals surface area contributed by atoms with Crippen LogP contribution in [0.15, 0.2) is 30.6 Å². The molecule has 0 radical (unpaired) electrons. The Morgan fingerprint density at radius 1 is 1.45 bits per heavy atom. The first-order chi connectivity index (χ1) is 9.66. The molecule has 1 aromatic heterocycles. The van der Waals surface area contributed by atoms with E-state index in [1.807, 2.05) is 38.1 Å². The molecule has 0 saturated carbocycles. The fourth-order valence-corrected chi connectivity index (χ4v) is 2.54. The van der Waals surface area contributed by atoms with E-state index in [2.05, 4.69) is 10.1 Å². The molecule has 3 rings (SSSR count). The predicted molar refractivity (Wildman–Crippen MR) is 73.8 cm³/mol. The molecule has 5 heteroatoms. The van der Waals surface area contributed by atoms with E-state index < -0.39 is 0 Å². The van der Waals surface area contributed by atoms with E-state index in [-0.39, 0.29) is 17.7 Å². The number of benzene rings is 1. The molecule has 1 aromatic carbocycles. The van der Waals surface area contributed by atoms with Gasteiger partial charge < -0.3 is 4.74 Å². The lowest BCUT2D eigenvalue weighted by Crippen LogP contribution is -2.19. The molecule has 1 aliphatic heterocycles. The number of para-hydroxylation sites is 1. The Hall–Kier alpha value is -2.17. The summed E-state index contributed by atoms with van der Waals surface area (Å²) in [7, 11) is 0. The van der Waals surface area contributed by atoms with Gasteiger partial charge in [-0.05, 0) is 19.9 Å². The van der Waals surface area contributed by atoms with Crippen LogP contribution in [0.4, 0.5) is 0 Å². The van der Waals surface area contributed by atoms with Gasteiger partial charge in [0, 0.05) is 11.6 Å². The zero-order chi connectivity index (χ0) is 14.1. The molecule has 0 N–H and O–H groups in total. The van der Waals surface area contributed by atoms with Crippen LogP contribution in [0.25, 0.3) is 0 Å². The minimum absolute atomic E-state index is 0.129. The van der Waals surface area contributed by atoms with E-state index in [4.69, 9.17) is 4.74 Å². The van der Waals surface area contributed by atoms with Gasteiger partial charge in [0.2, 0.25) is 0 Å². The average Bonchev–Trinajstić information content (AvgIpc) is 3.04. The molecule has 0 spiro atoms. The van der Waals surface area contributed by atoms with E-state index in [9.17, 15) is 4.79 Å². The van der Waals surface area contributed by atoms with Crippen LogP contribution in [0.5, 0.6) is 5.75 Å². The molecule has 0 bridgehead atoms. The highest BCUT2D eigenvalue weighted by molar-refractivity contribution is 5.88. The largest absolute Gasteiger partial charge is 0.492 e. The number of rotatable bonds is 4. The first-order valence-electron chi connectivity index (χ1n) is 6.79. The van der Waals surface area contributed by atoms with Crippen molar-refractivity contribution in [3.63, 3.8) is 0 Å². The number of fused-ring (bicyclic) bond motifs is 1. The van der Waals surface area contributed by atoms with Gasteiger partial charge in [0.05, 0.1) is 12.3 Å². The number of Topliss-reactive ketones (excluding diaryl/α,β-unsaturated/α-hetero) is 1. The van der Waals surface area contributed by atoms with Gasteiger partial charge in [-0.3, -0.25) is 4.79 Å². The number of aromatic nitrogens is 3. The number of hydrogen-bond donors (Lipinski definition) is 0. The summed E-state index contributed by atoms with van der Waals surface area (Å²) in [6.45, 7) is 4.47. The van der Waals surface area contributed by atoms with E-state index in [1.54, 1.807) is 4.68 Å². The minimum Gasteiger partial charge on any atom is -0.492 e. The average molecular weight is 271 g/mol. The highest BCUT2D eigenvalue weighted by Crippen LogP contribution is 2.34. The fourth-order valence-electron chi connectivity index (χ4n) is 2.54. The second-order valence-electron chi connectivity index (χ2n) is 5.26. The smallest absolute Gasteiger partial charge is 0.151 e. The van der Waals surface area contributed by atoms with Crippen molar-refractivity contribution in [1.29, 1.82) is 0 Å². The molecular weight excluding hydrogens is 254 g/mol. The van der Waals surface area contributed by atoms with Gasteiger partial charge in [-0.2, -0.15) is 5.10 Å². The lowest BCUT2D eigenvalue weighted by molar-refractivity contribution is -0.120. The van der Waals surface area contributed by atoms with Crippen LogP contribution in [0, 0.1) is 0 Å². The maximum Gasteiger partial charge on any atom is 0.151 e. The molecule has 1 atom stereocenters. The third-order valence-corrected chi connectivity index (χ3v) is 3.56. The number of carbonyl (C=O) groups excluding carboxylic acids is 1. The van der Waals surface area contributed by atoms with Crippen LogP contribution in [0.3, 0.4) is 0 Å². The Morgan fingerprint density at radius 2 is 2.25 bits per heavy atom. The van der Waals surface area contributed by atoms with E-state index >= 15 is 0 Å². The molecule has 0 aliphatic carbocycles. The second kappa shape index (κ2) is 5.07. The first kappa shape index (κ1) is 12.8. The molecule has 2 aromatic rings. The maximum absolute atomic E-state index is 12.5. The summed E-state index contributed by atoms with van der Waals surface area (Å²) < 4.78 is 7.36. The quantitative estimate of drug-likeness (QED) is 0.855. The van der Waals surface area contributed by atoms with Crippen LogP contribution >= 0.6 is 0 Å². The number of ether oxygens (including phenoxy) is 1. The SMILES string of the molecule is CC(C)n1ncnc1CC(=O)C1COc2ccccc21. The predicted octanol–water partition coefficient (Wildman–Crippen LogP) is 2.15. The van der Waals surface area contributed by atoms with Crippen LogP contribution < -0.4 is 4.74 Å². The van der Waals surface area contributed by atoms with Crippen molar-refractivity contribution < 1.29 is 9.53 Å². The van der Waals surface area contributed by atoms with Crippen molar-refractivity contribution in [1.82, 2.24) is 14.8 Å². The van der Waals surface area contributed by atoms with Crippen molar-refractivity contribution >= 4 is 5.78 Å². The van der Waals surface area contributed by atoms with Gasteiger partial charge in [0.15, 0.2) is 5.78 Å².